The summed E-state index contributed by atoms with van der Waals surface area (Å²) in [5, 5.41) is 0. The Morgan fingerprint density at radius 1 is 1.10 bits per heavy atom. The van der Waals surface area contributed by atoms with Gasteiger partial charge < -0.3 is 10.6 Å². The number of hydrogen-bond acceptors (Lipinski definition) is 3. The van der Waals surface area contributed by atoms with E-state index in [0.717, 1.165) is 36.3 Å². The van der Waals surface area contributed by atoms with Gasteiger partial charge in [-0.3, -0.25) is 0 Å². The minimum absolute atomic E-state index is 0.562. The molecule has 0 unspecified atom stereocenters. The van der Waals surface area contributed by atoms with Crippen LogP contribution in [0.2, 0.25) is 0 Å². The van der Waals surface area contributed by atoms with Crippen LogP contribution < -0.4 is 10.6 Å². The summed E-state index contributed by atoms with van der Waals surface area (Å²) in [6, 6.07) is 2.17. The Kier molecular flexibility index (Phi) is 7.00. The van der Waals surface area contributed by atoms with Crippen molar-refractivity contribution in [3.63, 3.8) is 0 Å². The van der Waals surface area contributed by atoms with Crippen molar-refractivity contribution < 1.29 is 0 Å². The van der Waals surface area contributed by atoms with Crippen LogP contribution in [0.4, 0.5) is 5.82 Å². The maximum atomic E-state index is 5.69. The summed E-state index contributed by atoms with van der Waals surface area (Å²) in [4.78, 5) is 7.09. The number of aryl methyl sites for hydroxylation is 1. The summed E-state index contributed by atoms with van der Waals surface area (Å²) in [5.74, 6) is 2.57. The molecular weight excluding hydrogens is 246 g/mol. The highest BCUT2D eigenvalue weighted by Crippen LogP contribution is 2.20. The molecule has 114 valence electrons. The van der Waals surface area contributed by atoms with Crippen LogP contribution in [0, 0.1) is 18.8 Å². The van der Waals surface area contributed by atoms with Crippen LogP contribution in [0.3, 0.4) is 0 Å². The summed E-state index contributed by atoms with van der Waals surface area (Å²) in [7, 11) is 0. The number of anilines is 1. The van der Waals surface area contributed by atoms with Gasteiger partial charge in [0.05, 0.1) is 0 Å². The van der Waals surface area contributed by atoms with Gasteiger partial charge in [-0.2, -0.15) is 0 Å². The molecule has 0 aliphatic rings. The molecule has 0 atom stereocenters. The van der Waals surface area contributed by atoms with Crippen molar-refractivity contribution in [2.24, 2.45) is 17.6 Å². The lowest BCUT2D eigenvalue weighted by molar-refractivity contribution is 0.532. The Hall–Kier alpha value is -1.09. The van der Waals surface area contributed by atoms with Gasteiger partial charge in [0.15, 0.2) is 0 Å². The normalized spacial score (nSPS) is 11.4. The van der Waals surface area contributed by atoms with Crippen molar-refractivity contribution in [3.8, 4) is 0 Å². The fourth-order valence-electron chi connectivity index (χ4n) is 2.22. The fourth-order valence-corrected chi connectivity index (χ4v) is 2.22. The van der Waals surface area contributed by atoms with Crippen LogP contribution >= 0.6 is 0 Å². The molecule has 20 heavy (non-hydrogen) atoms. The Morgan fingerprint density at radius 3 is 2.05 bits per heavy atom. The third-order valence-electron chi connectivity index (χ3n) is 3.60. The van der Waals surface area contributed by atoms with Crippen molar-refractivity contribution in [3.05, 3.63) is 23.4 Å². The molecule has 2 N–H and O–H groups in total. The van der Waals surface area contributed by atoms with Gasteiger partial charge in [-0.05, 0) is 48.8 Å². The molecule has 0 saturated heterocycles. The van der Waals surface area contributed by atoms with Crippen LogP contribution in [-0.2, 0) is 6.54 Å². The maximum Gasteiger partial charge on any atom is 0.131 e. The molecule has 1 rings (SSSR count). The number of hydrogen-bond donors (Lipinski definition) is 1. The summed E-state index contributed by atoms with van der Waals surface area (Å²) >= 11 is 0. The van der Waals surface area contributed by atoms with E-state index in [9.17, 15) is 0 Å². The van der Waals surface area contributed by atoms with Gasteiger partial charge in [0.2, 0.25) is 0 Å². The van der Waals surface area contributed by atoms with E-state index in [1.54, 1.807) is 0 Å². The smallest absolute Gasteiger partial charge is 0.131 e. The molecule has 0 aliphatic heterocycles. The van der Waals surface area contributed by atoms with Crippen LogP contribution in [-0.4, -0.2) is 18.1 Å². The quantitative estimate of drug-likeness (QED) is 0.787. The Labute approximate surface area is 124 Å². The molecule has 0 radical (unpaired) electrons. The van der Waals surface area contributed by atoms with Gasteiger partial charge >= 0.3 is 0 Å². The van der Waals surface area contributed by atoms with E-state index in [0.29, 0.717) is 6.54 Å². The van der Waals surface area contributed by atoms with Crippen molar-refractivity contribution >= 4 is 5.82 Å². The third-order valence-corrected chi connectivity index (χ3v) is 3.60. The standard InChI is InChI=1S/C17H31N3/c1-13(2)6-8-20(9-7-14(3)4)17-15(5)10-16(11-18)12-19-17/h10,12-14H,6-9,11,18H2,1-5H3. The van der Waals surface area contributed by atoms with Crippen molar-refractivity contribution in [2.45, 2.75) is 54.0 Å². The zero-order valence-electron chi connectivity index (χ0n) is 13.8. The van der Waals surface area contributed by atoms with Crippen LogP contribution in [0.5, 0.6) is 0 Å². The van der Waals surface area contributed by atoms with Gasteiger partial charge in [-0.25, -0.2) is 4.98 Å². The van der Waals surface area contributed by atoms with Crippen LogP contribution in [0.15, 0.2) is 12.3 Å². The molecule has 1 aromatic rings. The van der Waals surface area contributed by atoms with Crippen molar-refractivity contribution in [1.29, 1.82) is 0 Å². The molecule has 0 bridgehead atoms. The fraction of sp³-hybridized carbons (Fsp3) is 0.706. The number of nitrogens with two attached hydrogens (primary N) is 1. The Morgan fingerprint density at radius 2 is 1.65 bits per heavy atom. The highest BCUT2D eigenvalue weighted by atomic mass is 15.2. The first kappa shape index (κ1) is 17.0. The van der Waals surface area contributed by atoms with E-state index >= 15 is 0 Å². The van der Waals surface area contributed by atoms with Crippen molar-refractivity contribution in [2.75, 3.05) is 18.0 Å². The zero-order chi connectivity index (χ0) is 15.1. The zero-order valence-corrected chi connectivity index (χ0v) is 13.8. The summed E-state index contributed by atoms with van der Waals surface area (Å²) < 4.78 is 0. The van der Waals surface area contributed by atoms with Gasteiger partial charge in [0.1, 0.15) is 5.82 Å². The van der Waals surface area contributed by atoms with E-state index in [2.05, 4.69) is 50.6 Å². The molecule has 0 fully saturated rings. The number of aromatic nitrogens is 1. The Bertz CT molecular complexity index is 387. The largest absolute Gasteiger partial charge is 0.356 e. The number of nitrogens with zero attached hydrogens (tertiary/aromatic N) is 2. The highest BCUT2D eigenvalue weighted by Gasteiger charge is 2.12. The maximum absolute atomic E-state index is 5.69. The molecule has 1 aromatic heterocycles. The van der Waals surface area contributed by atoms with E-state index in [4.69, 9.17) is 5.73 Å². The molecule has 0 spiro atoms. The number of rotatable bonds is 8. The van der Waals surface area contributed by atoms with Gasteiger partial charge in [-0.15, -0.1) is 0 Å². The Balaban J connectivity index is 2.84. The average Bonchev–Trinajstić information content (AvgIpc) is 2.39. The third kappa shape index (κ3) is 5.49. The molecule has 0 aliphatic carbocycles. The summed E-state index contributed by atoms with van der Waals surface area (Å²) in [6.45, 7) is 14.0. The van der Waals surface area contributed by atoms with Gasteiger partial charge in [0, 0.05) is 25.8 Å². The second-order valence-electron chi connectivity index (χ2n) is 6.54. The van der Waals surface area contributed by atoms with Crippen LogP contribution in [0.1, 0.15) is 51.7 Å². The summed E-state index contributed by atoms with van der Waals surface area (Å²) in [6.07, 6.45) is 4.33. The molecule has 0 aromatic carbocycles. The lowest BCUT2D eigenvalue weighted by Crippen LogP contribution is -2.29. The van der Waals surface area contributed by atoms with E-state index in [-0.39, 0.29) is 0 Å². The first-order valence-electron chi connectivity index (χ1n) is 7.84. The summed E-state index contributed by atoms with van der Waals surface area (Å²) in [5.41, 5.74) is 8.03. The molecule has 0 amide bonds. The molecule has 0 saturated carbocycles. The molecule has 3 nitrogen and oxygen atoms in total. The predicted octanol–water partition coefficient (Wildman–Crippen LogP) is 3.75. The SMILES string of the molecule is Cc1cc(CN)cnc1N(CCC(C)C)CCC(C)C. The molecule has 3 heteroatoms. The molecule has 1 heterocycles. The van der Waals surface area contributed by atoms with E-state index in [1.165, 1.54) is 18.4 Å². The highest BCUT2D eigenvalue weighted by molar-refractivity contribution is 5.47. The molecular formula is C17H31N3. The minimum Gasteiger partial charge on any atom is -0.356 e. The second-order valence-corrected chi connectivity index (χ2v) is 6.54. The van der Waals surface area contributed by atoms with Gasteiger partial charge in [0.25, 0.3) is 0 Å². The second kappa shape index (κ2) is 8.25. The number of pyridine rings is 1. The first-order chi connectivity index (χ1) is 9.43. The van der Waals surface area contributed by atoms with Crippen molar-refractivity contribution in [1.82, 2.24) is 4.98 Å². The van der Waals surface area contributed by atoms with E-state index in [1.807, 2.05) is 6.20 Å². The first-order valence-corrected chi connectivity index (χ1v) is 7.84. The predicted molar refractivity (Wildman–Crippen MR) is 88.0 cm³/mol. The minimum atomic E-state index is 0.562. The van der Waals surface area contributed by atoms with Gasteiger partial charge in [-0.1, -0.05) is 27.7 Å². The topological polar surface area (TPSA) is 42.1 Å². The average molecular weight is 277 g/mol. The lowest BCUT2D eigenvalue weighted by Gasteiger charge is -2.27. The monoisotopic (exact) mass is 277 g/mol. The van der Waals surface area contributed by atoms with E-state index < -0.39 is 0 Å². The lowest BCUT2D eigenvalue weighted by atomic mass is 10.1. The van der Waals surface area contributed by atoms with Crippen LogP contribution in [0.25, 0.3) is 0 Å².